The molecule has 0 amide bonds. The highest BCUT2D eigenvalue weighted by molar-refractivity contribution is 9.09. The minimum Gasteiger partial charge on any atom is -0.388 e. The third-order valence-corrected chi connectivity index (χ3v) is 4.18. The second kappa shape index (κ2) is 5.78. The fraction of sp³-hybridized carbons (Fsp3) is 0.833. The Morgan fingerprint density at radius 2 is 1.86 bits per heavy atom. The Kier molecular flexibility index (Phi) is 5.78. The zero-order valence-electron chi connectivity index (χ0n) is 9.55. The van der Waals surface area contributed by atoms with E-state index in [-0.39, 0.29) is 4.83 Å². The first-order valence-electron chi connectivity index (χ1n) is 5.13. The summed E-state index contributed by atoms with van der Waals surface area (Å²) < 4.78 is 0. The Labute approximate surface area is 96.4 Å². The first-order valence-corrected chi connectivity index (χ1v) is 6.05. The molecular formula is C12H21BrO. The van der Waals surface area contributed by atoms with Gasteiger partial charge in [0.2, 0.25) is 0 Å². The molecule has 1 nitrogen and oxygen atoms in total. The second-order valence-electron chi connectivity index (χ2n) is 4.73. The molecule has 0 fully saturated rings. The van der Waals surface area contributed by atoms with Crippen molar-refractivity contribution in [1.82, 2.24) is 0 Å². The van der Waals surface area contributed by atoms with Crippen LogP contribution in [0.1, 0.15) is 40.5 Å². The number of rotatable bonds is 5. The molecule has 14 heavy (non-hydrogen) atoms. The van der Waals surface area contributed by atoms with E-state index in [0.29, 0.717) is 18.3 Å². The average molecular weight is 261 g/mol. The largest absolute Gasteiger partial charge is 0.388 e. The maximum Gasteiger partial charge on any atom is 0.0885 e. The van der Waals surface area contributed by atoms with Crippen molar-refractivity contribution in [2.45, 2.75) is 51.0 Å². The molecule has 0 spiro atoms. The summed E-state index contributed by atoms with van der Waals surface area (Å²) in [7, 11) is 0. The molecule has 2 atom stereocenters. The van der Waals surface area contributed by atoms with Gasteiger partial charge in [-0.3, -0.25) is 0 Å². The molecule has 0 aliphatic carbocycles. The van der Waals surface area contributed by atoms with Crippen molar-refractivity contribution in [3.05, 3.63) is 0 Å². The molecule has 0 aromatic heterocycles. The van der Waals surface area contributed by atoms with Crippen molar-refractivity contribution >= 4 is 15.9 Å². The molecular weight excluding hydrogens is 240 g/mol. The minimum absolute atomic E-state index is 0.0634. The minimum atomic E-state index is -0.767. The van der Waals surface area contributed by atoms with Gasteiger partial charge in [-0.25, -0.2) is 0 Å². The third-order valence-electron chi connectivity index (χ3n) is 2.27. The van der Waals surface area contributed by atoms with Gasteiger partial charge in [-0.1, -0.05) is 43.6 Å². The van der Waals surface area contributed by atoms with E-state index >= 15 is 0 Å². The quantitative estimate of drug-likeness (QED) is 0.595. The molecule has 82 valence electrons. The summed E-state index contributed by atoms with van der Waals surface area (Å²) in [6.07, 6.45) is 6.45. The molecule has 0 bridgehead atoms. The lowest BCUT2D eigenvalue weighted by atomic mass is 9.83. The summed E-state index contributed by atoms with van der Waals surface area (Å²) in [4.78, 5) is 0.0634. The first-order chi connectivity index (χ1) is 6.33. The molecule has 2 heteroatoms. The van der Waals surface area contributed by atoms with Crippen LogP contribution in [-0.2, 0) is 0 Å². The predicted molar refractivity (Wildman–Crippen MR) is 65.4 cm³/mol. The van der Waals surface area contributed by atoms with Crippen LogP contribution in [0.4, 0.5) is 0 Å². The molecule has 0 unspecified atom stereocenters. The van der Waals surface area contributed by atoms with Gasteiger partial charge in [-0.05, 0) is 18.3 Å². The van der Waals surface area contributed by atoms with Crippen molar-refractivity contribution in [3.63, 3.8) is 0 Å². The highest BCUT2D eigenvalue weighted by atomic mass is 79.9. The molecule has 0 aromatic rings. The second-order valence-corrected chi connectivity index (χ2v) is 5.71. The van der Waals surface area contributed by atoms with Gasteiger partial charge < -0.3 is 5.11 Å². The Morgan fingerprint density at radius 1 is 1.36 bits per heavy atom. The number of halogens is 1. The summed E-state index contributed by atoms with van der Waals surface area (Å²) in [6.45, 7) is 8.37. The van der Waals surface area contributed by atoms with E-state index in [9.17, 15) is 5.11 Å². The molecule has 0 aliphatic heterocycles. The van der Waals surface area contributed by atoms with Crippen LogP contribution in [0.25, 0.3) is 0 Å². The van der Waals surface area contributed by atoms with E-state index in [2.05, 4.69) is 49.5 Å². The van der Waals surface area contributed by atoms with E-state index in [4.69, 9.17) is 6.42 Å². The highest BCUT2D eigenvalue weighted by Gasteiger charge is 2.36. The van der Waals surface area contributed by atoms with Crippen molar-refractivity contribution in [3.8, 4) is 12.3 Å². The number of aliphatic hydroxyl groups is 1. The number of hydrogen-bond donors (Lipinski definition) is 1. The zero-order valence-corrected chi connectivity index (χ0v) is 11.1. The summed E-state index contributed by atoms with van der Waals surface area (Å²) in [5, 5.41) is 10.4. The van der Waals surface area contributed by atoms with Crippen molar-refractivity contribution < 1.29 is 5.11 Å². The summed E-state index contributed by atoms with van der Waals surface area (Å²) in [5.41, 5.74) is -0.767. The molecule has 0 rings (SSSR count). The smallest absolute Gasteiger partial charge is 0.0885 e. The number of terminal acetylenes is 1. The third kappa shape index (κ3) is 4.02. The molecule has 0 aliphatic rings. The molecule has 0 saturated heterocycles. The van der Waals surface area contributed by atoms with Gasteiger partial charge in [0.15, 0.2) is 0 Å². The van der Waals surface area contributed by atoms with Crippen LogP contribution in [0.5, 0.6) is 0 Å². The van der Waals surface area contributed by atoms with Gasteiger partial charge in [0.25, 0.3) is 0 Å². The summed E-state index contributed by atoms with van der Waals surface area (Å²) in [6, 6.07) is 0. The predicted octanol–water partition coefficient (Wildman–Crippen LogP) is 3.21. The van der Waals surface area contributed by atoms with E-state index < -0.39 is 5.60 Å². The van der Waals surface area contributed by atoms with E-state index in [1.54, 1.807) is 0 Å². The monoisotopic (exact) mass is 260 g/mol. The van der Waals surface area contributed by atoms with Crippen molar-refractivity contribution in [2.24, 2.45) is 11.8 Å². The highest BCUT2D eigenvalue weighted by Crippen LogP contribution is 2.33. The number of alkyl halides is 1. The van der Waals surface area contributed by atoms with Crippen molar-refractivity contribution in [1.29, 1.82) is 0 Å². The van der Waals surface area contributed by atoms with Crippen molar-refractivity contribution in [2.75, 3.05) is 0 Å². The van der Waals surface area contributed by atoms with Gasteiger partial charge in [0, 0.05) is 11.2 Å². The van der Waals surface area contributed by atoms with Crippen LogP contribution >= 0.6 is 15.9 Å². The Balaban J connectivity index is 4.62. The maximum absolute atomic E-state index is 10.4. The van der Waals surface area contributed by atoms with Crippen LogP contribution in [0.3, 0.4) is 0 Å². The molecule has 0 aromatic carbocycles. The average Bonchev–Trinajstić information content (AvgIpc) is 2.01. The maximum atomic E-state index is 10.4. The van der Waals surface area contributed by atoms with E-state index in [1.165, 1.54) is 0 Å². The Bertz CT molecular complexity index is 205. The van der Waals surface area contributed by atoms with Gasteiger partial charge in [-0.15, -0.1) is 12.3 Å². The number of hydrogen-bond acceptors (Lipinski definition) is 1. The fourth-order valence-electron chi connectivity index (χ4n) is 1.79. The van der Waals surface area contributed by atoms with Gasteiger partial charge in [-0.2, -0.15) is 0 Å². The fourth-order valence-corrected chi connectivity index (χ4v) is 2.14. The lowest BCUT2D eigenvalue weighted by Gasteiger charge is -2.35. The van der Waals surface area contributed by atoms with Gasteiger partial charge >= 0.3 is 0 Å². The van der Waals surface area contributed by atoms with Crippen LogP contribution in [0.2, 0.25) is 0 Å². The molecule has 0 radical (unpaired) electrons. The van der Waals surface area contributed by atoms with E-state index in [1.807, 2.05) is 0 Å². The van der Waals surface area contributed by atoms with Crippen LogP contribution in [0.15, 0.2) is 0 Å². The Hall–Kier alpha value is 0. The first kappa shape index (κ1) is 14.0. The van der Waals surface area contributed by atoms with Crippen LogP contribution < -0.4 is 0 Å². The standard InChI is InChI=1S/C12H21BrO/c1-6-7-12(14,8-9(2)3)11(13)10(4)5/h1,9-11,14H,7-8H2,2-5H3/t11-,12-/m1/s1. The molecule has 0 saturated carbocycles. The van der Waals surface area contributed by atoms with Gasteiger partial charge in [0.05, 0.1) is 5.60 Å². The lowest BCUT2D eigenvalue weighted by molar-refractivity contribution is 0.0138. The zero-order chi connectivity index (χ0) is 11.4. The summed E-state index contributed by atoms with van der Waals surface area (Å²) >= 11 is 3.55. The topological polar surface area (TPSA) is 20.2 Å². The van der Waals surface area contributed by atoms with E-state index in [0.717, 1.165) is 6.42 Å². The Morgan fingerprint density at radius 3 is 2.14 bits per heavy atom. The van der Waals surface area contributed by atoms with Crippen LogP contribution in [-0.4, -0.2) is 15.5 Å². The molecule has 0 heterocycles. The van der Waals surface area contributed by atoms with Crippen LogP contribution in [0, 0.1) is 24.2 Å². The molecule has 1 N–H and O–H groups in total. The van der Waals surface area contributed by atoms with Gasteiger partial charge in [0.1, 0.15) is 0 Å². The lowest BCUT2D eigenvalue weighted by Crippen LogP contribution is -2.42. The SMILES string of the molecule is C#CC[C@@](O)(CC(C)C)[C@H](Br)C(C)C. The summed E-state index contributed by atoms with van der Waals surface area (Å²) in [5.74, 6) is 3.40. The normalized spacial score (nSPS) is 17.9.